The monoisotopic (exact) mass is 858 g/mol. The molecule has 1 radical (unpaired) electrons. The lowest BCUT2D eigenvalue weighted by molar-refractivity contribution is 0.332. The summed E-state index contributed by atoms with van der Waals surface area (Å²) in [6.07, 6.45) is 4.64. The molecule has 0 aromatic heterocycles. The average molecular weight is 858 g/mol. The topological polar surface area (TPSA) is 15.3 Å². The zero-order chi connectivity index (χ0) is 45.8. The largest absolute Gasteiger partial charge is 0.355 e. The number of benzene rings is 8. The lowest BCUT2D eigenvalue weighted by Crippen LogP contribution is -2.44. The predicted molar refractivity (Wildman–Crippen MR) is 285 cm³/mol. The second kappa shape index (κ2) is 15.4. The third-order valence-corrected chi connectivity index (χ3v) is 15.9. The second-order valence-corrected chi connectivity index (χ2v) is 22.3. The van der Waals surface area contributed by atoms with Crippen LogP contribution in [0.15, 0.2) is 158 Å². The first-order valence-electron chi connectivity index (χ1n) is 24.3. The van der Waals surface area contributed by atoms with E-state index in [0.717, 1.165) is 24.2 Å². The zero-order valence-electron chi connectivity index (χ0n) is 40.4. The Bertz CT molecular complexity index is 3190. The molecule has 0 atom stereocenters. The van der Waals surface area contributed by atoms with Crippen molar-refractivity contribution in [2.24, 2.45) is 0 Å². The van der Waals surface area contributed by atoms with E-state index in [4.69, 9.17) is 0 Å². The molecule has 3 heteroatoms. The number of nitrogens with zero attached hydrogens (tertiary/aromatic N) is 1. The average Bonchev–Trinajstić information content (AvgIpc) is 3.31. The van der Waals surface area contributed by atoms with Gasteiger partial charge in [-0.25, -0.2) is 0 Å². The van der Waals surface area contributed by atoms with Crippen molar-refractivity contribution in [3.05, 3.63) is 186 Å². The normalized spacial score (nSPS) is 17.2. The van der Waals surface area contributed by atoms with Gasteiger partial charge in [0.2, 0.25) is 0 Å². The quantitative estimate of drug-likeness (QED) is 0.168. The molecule has 8 aromatic carbocycles. The predicted octanol–water partition coefficient (Wildman–Crippen LogP) is 16.0. The van der Waals surface area contributed by atoms with Gasteiger partial charge in [-0.05, 0) is 175 Å². The highest BCUT2D eigenvalue weighted by Crippen LogP contribution is 2.52. The zero-order valence-corrected chi connectivity index (χ0v) is 40.4. The lowest BCUT2D eigenvalue weighted by Gasteiger charge is -2.45. The van der Waals surface area contributed by atoms with E-state index in [-0.39, 0.29) is 21.7 Å². The van der Waals surface area contributed by atoms with Crippen LogP contribution < -0.4 is 21.1 Å². The summed E-state index contributed by atoms with van der Waals surface area (Å²) in [4.78, 5) is 2.61. The van der Waals surface area contributed by atoms with Crippen molar-refractivity contribution in [3.8, 4) is 33.4 Å². The van der Waals surface area contributed by atoms with Gasteiger partial charge in [-0.3, -0.25) is 0 Å². The fourth-order valence-corrected chi connectivity index (χ4v) is 11.6. The fraction of sp³-hybridized carbons (Fsp3) is 0.270. The van der Waals surface area contributed by atoms with Crippen molar-refractivity contribution in [2.45, 2.75) is 110 Å². The van der Waals surface area contributed by atoms with E-state index in [1.165, 1.54) is 113 Å². The van der Waals surface area contributed by atoms with Gasteiger partial charge < -0.3 is 10.2 Å². The fourth-order valence-electron chi connectivity index (χ4n) is 11.6. The van der Waals surface area contributed by atoms with Gasteiger partial charge in [0.25, 0.3) is 0 Å². The minimum Gasteiger partial charge on any atom is -0.355 e. The number of nitrogens with one attached hydrogen (secondary N) is 1. The van der Waals surface area contributed by atoms with Crippen LogP contribution in [-0.2, 0) is 21.7 Å². The maximum absolute atomic E-state index is 4.06. The third kappa shape index (κ3) is 7.09. The first-order valence-corrected chi connectivity index (χ1v) is 24.3. The third-order valence-electron chi connectivity index (χ3n) is 15.9. The maximum Gasteiger partial charge on any atom is 0.197 e. The van der Waals surface area contributed by atoms with Crippen molar-refractivity contribution in [1.29, 1.82) is 0 Å². The molecule has 327 valence electrons. The van der Waals surface area contributed by atoms with Gasteiger partial charge in [0.05, 0.1) is 0 Å². The Morgan fingerprint density at radius 1 is 0.455 bits per heavy atom. The van der Waals surface area contributed by atoms with Crippen molar-refractivity contribution in [1.82, 2.24) is 0 Å². The molecule has 0 bridgehead atoms. The number of hydrogen-bond acceptors (Lipinski definition) is 2. The Hall–Kier alpha value is -6.32. The van der Waals surface area contributed by atoms with Crippen LogP contribution in [0, 0.1) is 6.92 Å². The molecule has 66 heavy (non-hydrogen) atoms. The molecule has 0 saturated heterocycles. The van der Waals surface area contributed by atoms with E-state index >= 15 is 0 Å². The summed E-state index contributed by atoms with van der Waals surface area (Å²) in [6, 6.07) is 59.4. The molecule has 1 heterocycles. The van der Waals surface area contributed by atoms with Crippen molar-refractivity contribution >= 4 is 57.4 Å². The minimum absolute atomic E-state index is 0.0253. The maximum atomic E-state index is 4.06. The summed E-state index contributed by atoms with van der Waals surface area (Å²) in [5, 5.41) is 6.57. The second-order valence-electron chi connectivity index (χ2n) is 22.3. The van der Waals surface area contributed by atoms with Gasteiger partial charge in [0, 0.05) is 34.0 Å². The Kier molecular flexibility index (Phi) is 9.86. The number of aryl methyl sites for hydroxylation is 1. The van der Waals surface area contributed by atoms with Crippen LogP contribution in [0.3, 0.4) is 0 Å². The molecule has 1 aliphatic heterocycles. The van der Waals surface area contributed by atoms with Gasteiger partial charge in [0.1, 0.15) is 0 Å². The summed E-state index contributed by atoms with van der Waals surface area (Å²) in [7, 11) is 2.54. The van der Waals surface area contributed by atoms with Gasteiger partial charge >= 0.3 is 0 Å². The van der Waals surface area contributed by atoms with Crippen LogP contribution >= 0.6 is 0 Å². The van der Waals surface area contributed by atoms with Crippen molar-refractivity contribution in [2.75, 3.05) is 10.2 Å². The molecule has 2 nitrogen and oxygen atoms in total. The van der Waals surface area contributed by atoms with Gasteiger partial charge in [-0.15, -0.1) is 0 Å². The molecule has 0 unspecified atom stereocenters. The Morgan fingerprint density at radius 2 is 0.970 bits per heavy atom. The summed E-state index contributed by atoms with van der Waals surface area (Å²) >= 11 is 0. The number of fused-ring (bicyclic) bond motifs is 5. The van der Waals surface area contributed by atoms with E-state index in [0.29, 0.717) is 0 Å². The van der Waals surface area contributed by atoms with Gasteiger partial charge in [-0.1, -0.05) is 170 Å². The molecule has 0 amide bonds. The van der Waals surface area contributed by atoms with Crippen LogP contribution in [0.5, 0.6) is 0 Å². The molecule has 0 saturated carbocycles. The van der Waals surface area contributed by atoms with Gasteiger partial charge in [0.15, 0.2) is 7.28 Å². The first kappa shape index (κ1) is 42.3. The molecule has 0 fully saturated rings. The summed E-state index contributed by atoms with van der Waals surface area (Å²) in [6.45, 7) is 21.9. The molecule has 0 spiro atoms. The van der Waals surface area contributed by atoms with Crippen LogP contribution in [0.25, 0.3) is 44.2 Å². The summed E-state index contributed by atoms with van der Waals surface area (Å²) in [5.74, 6) is 0. The van der Waals surface area contributed by atoms with Crippen molar-refractivity contribution < 1.29 is 0 Å². The highest BCUT2D eigenvalue weighted by Gasteiger charge is 2.41. The van der Waals surface area contributed by atoms with Crippen LogP contribution in [0.2, 0.25) is 0 Å². The molecular formula is C63H62BN2. The van der Waals surface area contributed by atoms with E-state index < -0.39 is 0 Å². The van der Waals surface area contributed by atoms with Crippen LogP contribution in [0.4, 0.5) is 28.4 Å². The van der Waals surface area contributed by atoms with Crippen LogP contribution in [0.1, 0.15) is 109 Å². The molecule has 1 N–H and O–H groups in total. The molecular weight excluding hydrogens is 796 g/mol. The Balaban J connectivity index is 1.18. The van der Waals surface area contributed by atoms with E-state index in [1.807, 2.05) is 0 Å². The summed E-state index contributed by atoms with van der Waals surface area (Å²) in [5.41, 5.74) is 23.2. The highest BCUT2D eigenvalue weighted by molar-refractivity contribution is 6.73. The SMILES string of the molecule is Cc1cc(-c2ccccc2)ccc1N1c2cc3c(cc2[B]c2c1cc1ccccc1c2-c1cc2c(cc1Nc1ccc(-c4ccccc4)cc1)C(C)(C)CCC2(C)C)C(C)(C)CCC3(C)C. The smallest absolute Gasteiger partial charge is 0.197 e. The van der Waals surface area contributed by atoms with Crippen LogP contribution in [-0.4, -0.2) is 7.28 Å². The number of rotatable bonds is 6. The van der Waals surface area contributed by atoms with E-state index in [1.54, 1.807) is 0 Å². The molecule has 2 aliphatic carbocycles. The lowest BCUT2D eigenvalue weighted by atomic mass is 9.54. The minimum atomic E-state index is 0.0253. The Labute approximate surface area is 394 Å². The first-order chi connectivity index (χ1) is 31.6. The Morgan fingerprint density at radius 3 is 1.59 bits per heavy atom. The highest BCUT2D eigenvalue weighted by atomic mass is 15.2. The summed E-state index contributed by atoms with van der Waals surface area (Å²) < 4.78 is 0. The number of anilines is 5. The molecule has 8 aromatic rings. The standard InChI is InChI=1S/C63H62BN2/c1-40-34-44(42-20-14-11-15-21-42)26-29-55(40)66-56-39-52-50(61(4,5)31-33-63(52,8)9)37-53(56)64-59-57(66)35-45-22-16-17-23-47(45)58(59)48-36-49-51(62(6,7)32-30-60(49,2)3)38-54(48)65-46-27-24-43(25-28-46)41-18-12-10-13-19-41/h10-29,34-39,65H,30-33H2,1-9H3. The van der Waals surface area contributed by atoms with Gasteiger partial charge in [-0.2, -0.15) is 0 Å². The molecule has 3 aliphatic rings. The van der Waals surface area contributed by atoms with E-state index in [9.17, 15) is 0 Å². The van der Waals surface area contributed by atoms with E-state index in [2.05, 4.69) is 238 Å². The number of hydrogen-bond donors (Lipinski definition) is 1. The molecule has 11 rings (SSSR count). The van der Waals surface area contributed by atoms with Crippen molar-refractivity contribution in [3.63, 3.8) is 0 Å².